The average molecular weight is 417 g/mol. The molecule has 1 heterocycles. The highest BCUT2D eigenvalue weighted by Gasteiger charge is 2.34. The van der Waals surface area contributed by atoms with Crippen LogP contribution in [0.25, 0.3) is 11.3 Å². The van der Waals surface area contributed by atoms with Crippen molar-refractivity contribution in [3.63, 3.8) is 0 Å². The van der Waals surface area contributed by atoms with Gasteiger partial charge < -0.3 is 10.1 Å². The van der Waals surface area contributed by atoms with Gasteiger partial charge >= 0.3 is 6.18 Å². The quantitative estimate of drug-likeness (QED) is 0.668. The molecule has 0 radical (unpaired) electrons. The van der Waals surface area contributed by atoms with Gasteiger partial charge in [-0.1, -0.05) is 12.1 Å². The number of carbonyl (C=O) groups excluding carboxylic acids is 1. The topological polar surface area (TPSA) is 73.2 Å². The Morgan fingerprint density at radius 2 is 1.77 bits per heavy atom. The second kappa shape index (κ2) is 8.81. The lowest BCUT2D eigenvalue weighted by molar-refractivity contribution is -0.137. The van der Waals surface area contributed by atoms with Crippen molar-refractivity contribution < 1.29 is 22.7 Å². The average Bonchev–Trinajstić information content (AvgIpc) is 2.74. The van der Waals surface area contributed by atoms with Crippen LogP contribution < -0.4 is 15.6 Å². The van der Waals surface area contributed by atoms with E-state index in [9.17, 15) is 22.8 Å². The molecule has 30 heavy (non-hydrogen) atoms. The van der Waals surface area contributed by atoms with E-state index in [0.29, 0.717) is 11.4 Å². The normalized spacial score (nSPS) is 11.2. The minimum absolute atomic E-state index is 0.00273. The van der Waals surface area contributed by atoms with E-state index in [2.05, 4.69) is 10.4 Å². The summed E-state index contributed by atoms with van der Waals surface area (Å²) in [7, 11) is 1.55. The van der Waals surface area contributed by atoms with E-state index in [0.717, 1.165) is 22.4 Å². The number of hydrogen-bond donors (Lipinski definition) is 1. The summed E-state index contributed by atoms with van der Waals surface area (Å²) in [6.45, 7) is -0.0627. The Labute approximate surface area is 169 Å². The second-order valence-corrected chi connectivity index (χ2v) is 6.31. The van der Waals surface area contributed by atoms with Gasteiger partial charge in [-0.25, -0.2) is 4.68 Å². The van der Waals surface area contributed by atoms with Crippen molar-refractivity contribution in [3.8, 4) is 17.0 Å². The van der Waals surface area contributed by atoms with Crippen LogP contribution in [0.5, 0.6) is 5.75 Å². The monoisotopic (exact) mass is 417 g/mol. The molecule has 0 unspecified atom stereocenters. The van der Waals surface area contributed by atoms with E-state index in [1.165, 1.54) is 18.2 Å². The Kier molecular flexibility index (Phi) is 6.20. The molecular weight excluding hydrogens is 399 g/mol. The number of halogens is 3. The fraction of sp³-hybridized carbons (Fsp3) is 0.190. The van der Waals surface area contributed by atoms with Gasteiger partial charge in [-0.2, -0.15) is 18.3 Å². The minimum Gasteiger partial charge on any atom is -0.497 e. The number of hydrogen-bond acceptors (Lipinski definition) is 4. The summed E-state index contributed by atoms with van der Waals surface area (Å²) in [6.07, 6.45) is -4.64. The largest absolute Gasteiger partial charge is 0.497 e. The SMILES string of the molecule is COc1ccc(-c2ccc(=O)n(CCNC(=O)c3ccccc3C(F)(F)F)n2)cc1. The number of carbonyl (C=O) groups is 1. The van der Waals surface area contributed by atoms with Crippen molar-refractivity contribution in [1.29, 1.82) is 0 Å². The van der Waals surface area contributed by atoms with Crippen molar-refractivity contribution in [1.82, 2.24) is 15.1 Å². The number of alkyl halides is 3. The first-order chi connectivity index (χ1) is 14.3. The first-order valence-corrected chi connectivity index (χ1v) is 8.96. The number of methoxy groups -OCH3 is 1. The van der Waals surface area contributed by atoms with Crippen LogP contribution in [-0.2, 0) is 12.7 Å². The number of rotatable bonds is 6. The third kappa shape index (κ3) is 4.86. The fourth-order valence-electron chi connectivity index (χ4n) is 2.82. The lowest BCUT2D eigenvalue weighted by Gasteiger charge is -2.13. The van der Waals surface area contributed by atoms with Gasteiger partial charge in [-0.3, -0.25) is 9.59 Å². The van der Waals surface area contributed by atoms with Gasteiger partial charge in [-0.15, -0.1) is 0 Å². The first kappa shape index (κ1) is 21.1. The first-order valence-electron chi connectivity index (χ1n) is 8.96. The van der Waals surface area contributed by atoms with Crippen LogP contribution in [0.3, 0.4) is 0 Å². The Balaban J connectivity index is 1.71. The van der Waals surface area contributed by atoms with Gasteiger partial charge in [0.25, 0.3) is 11.5 Å². The Bertz CT molecular complexity index is 1090. The van der Waals surface area contributed by atoms with E-state index in [-0.39, 0.29) is 13.1 Å². The molecule has 0 saturated carbocycles. The minimum atomic E-state index is -4.64. The third-order valence-corrected chi connectivity index (χ3v) is 4.34. The van der Waals surface area contributed by atoms with Crippen molar-refractivity contribution in [2.24, 2.45) is 0 Å². The van der Waals surface area contributed by atoms with E-state index >= 15 is 0 Å². The van der Waals surface area contributed by atoms with Crippen molar-refractivity contribution in [2.75, 3.05) is 13.7 Å². The molecule has 1 aromatic heterocycles. The molecule has 0 saturated heterocycles. The van der Waals surface area contributed by atoms with Gasteiger partial charge in [0.05, 0.1) is 30.5 Å². The summed E-state index contributed by atoms with van der Waals surface area (Å²) in [5.41, 5.74) is -0.590. The summed E-state index contributed by atoms with van der Waals surface area (Å²) in [5.74, 6) is -0.198. The van der Waals surface area contributed by atoms with Crippen LogP contribution in [0.1, 0.15) is 15.9 Å². The van der Waals surface area contributed by atoms with Crippen molar-refractivity contribution in [3.05, 3.63) is 82.1 Å². The Hall–Kier alpha value is -3.62. The van der Waals surface area contributed by atoms with E-state index in [4.69, 9.17) is 4.74 Å². The lowest BCUT2D eigenvalue weighted by atomic mass is 10.1. The third-order valence-electron chi connectivity index (χ3n) is 4.34. The van der Waals surface area contributed by atoms with Crippen LogP contribution in [0.2, 0.25) is 0 Å². The molecule has 6 nitrogen and oxygen atoms in total. The number of ether oxygens (including phenoxy) is 1. The predicted octanol–water partition coefficient (Wildman–Crippen LogP) is 3.37. The van der Waals surface area contributed by atoms with Crippen molar-refractivity contribution >= 4 is 5.91 Å². The number of nitrogens with zero attached hydrogens (tertiary/aromatic N) is 2. The highest BCUT2D eigenvalue weighted by molar-refractivity contribution is 5.95. The molecule has 3 rings (SSSR count). The molecule has 3 aromatic rings. The fourth-order valence-corrected chi connectivity index (χ4v) is 2.82. The smallest absolute Gasteiger partial charge is 0.417 e. The number of nitrogens with one attached hydrogen (secondary N) is 1. The molecule has 9 heteroatoms. The van der Waals surface area contributed by atoms with Gasteiger partial charge in [0.1, 0.15) is 5.75 Å². The summed E-state index contributed by atoms with van der Waals surface area (Å²) in [4.78, 5) is 24.3. The number of aromatic nitrogens is 2. The number of benzene rings is 2. The van der Waals surface area contributed by atoms with E-state index in [1.807, 2.05) is 0 Å². The maximum Gasteiger partial charge on any atom is 0.417 e. The van der Waals surface area contributed by atoms with E-state index < -0.39 is 28.8 Å². The molecule has 0 atom stereocenters. The van der Waals surface area contributed by atoms with Gasteiger partial charge in [-0.05, 0) is 42.5 Å². The molecule has 0 aliphatic rings. The van der Waals surface area contributed by atoms with Crippen LogP contribution in [-0.4, -0.2) is 29.3 Å². The lowest BCUT2D eigenvalue weighted by Crippen LogP contribution is -2.32. The van der Waals surface area contributed by atoms with Crippen LogP contribution in [0, 0.1) is 0 Å². The van der Waals surface area contributed by atoms with Crippen LogP contribution in [0.4, 0.5) is 13.2 Å². The summed E-state index contributed by atoms with van der Waals surface area (Å²) in [5, 5.41) is 6.66. The zero-order chi connectivity index (χ0) is 21.7. The standard InChI is InChI=1S/C21H18F3N3O3/c1-30-15-8-6-14(7-9-15)18-10-11-19(28)27(26-18)13-12-25-20(29)16-4-2-3-5-17(16)21(22,23)24/h2-11H,12-13H2,1H3,(H,25,29). The molecule has 1 amide bonds. The zero-order valence-corrected chi connectivity index (χ0v) is 15.9. The van der Waals surface area contributed by atoms with Gasteiger partial charge in [0.15, 0.2) is 0 Å². The van der Waals surface area contributed by atoms with Crippen LogP contribution >= 0.6 is 0 Å². The summed E-state index contributed by atoms with van der Waals surface area (Å²) >= 11 is 0. The number of amides is 1. The predicted molar refractivity (Wildman–Crippen MR) is 104 cm³/mol. The molecule has 0 fully saturated rings. The Morgan fingerprint density at radius 1 is 1.07 bits per heavy atom. The zero-order valence-electron chi connectivity index (χ0n) is 15.9. The maximum absolute atomic E-state index is 13.1. The molecule has 1 N–H and O–H groups in total. The molecule has 0 aliphatic heterocycles. The van der Waals surface area contributed by atoms with Crippen LogP contribution in [0.15, 0.2) is 65.5 Å². The maximum atomic E-state index is 13.1. The molecule has 0 aliphatic carbocycles. The van der Waals surface area contributed by atoms with Gasteiger partial charge in [0, 0.05) is 18.2 Å². The second-order valence-electron chi connectivity index (χ2n) is 6.31. The summed E-state index contributed by atoms with van der Waals surface area (Å²) in [6, 6.07) is 14.5. The molecule has 0 spiro atoms. The van der Waals surface area contributed by atoms with E-state index in [1.54, 1.807) is 37.4 Å². The summed E-state index contributed by atoms with van der Waals surface area (Å²) < 4.78 is 45.4. The van der Waals surface area contributed by atoms with Crippen molar-refractivity contribution in [2.45, 2.75) is 12.7 Å². The Morgan fingerprint density at radius 3 is 2.43 bits per heavy atom. The molecule has 156 valence electrons. The highest BCUT2D eigenvalue weighted by atomic mass is 19.4. The van der Waals surface area contributed by atoms with Gasteiger partial charge in [0.2, 0.25) is 0 Å². The highest BCUT2D eigenvalue weighted by Crippen LogP contribution is 2.31. The molecular formula is C21H18F3N3O3. The molecule has 2 aromatic carbocycles. The molecule has 0 bridgehead atoms.